The highest BCUT2D eigenvalue weighted by molar-refractivity contribution is 5.51. The summed E-state index contributed by atoms with van der Waals surface area (Å²) in [7, 11) is 0. The first-order valence-electron chi connectivity index (χ1n) is 10.6. The molecule has 0 atom stereocenters. The molecule has 29 heavy (non-hydrogen) atoms. The quantitative estimate of drug-likeness (QED) is 0.432. The van der Waals surface area contributed by atoms with Gasteiger partial charge in [-0.05, 0) is 67.1 Å². The Kier molecular flexibility index (Phi) is 7.15. The first-order chi connectivity index (χ1) is 14.0. The van der Waals surface area contributed by atoms with Crippen molar-refractivity contribution in [3.63, 3.8) is 0 Å². The molecule has 0 radical (unpaired) electrons. The second kappa shape index (κ2) is 9.60. The van der Waals surface area contributed by atoms with Crippen LogP contribution in [0.25, 0.3) is 6.08 Å². The number of allylic oxidation sites excluding steroid dienone is 1. The molecule has 4 heteroatoms. The van der Waals surface area contributed by atoms with Crippen LogP contribution in [0.1, 0.15) is 74.1 Å². The molecule has 3 rings (SSSR count). The Morgan fingerprint density at radius 2 is 1.45 bits per heavy atom. The van der Waals surface area contributed by atoms with Crippen LogP contribution in [0.15, 0.2) is 30.3 Å². The summed E-state index contributed by atoms with van der Waals surface area (Å²) in [5.41, 5.74) is 1.53. The molecule has 0 aromatic heterocycles. The van der Waals surface area contributed by atoms with E-state index in [0.717, 1.165) is 32.1 Å². The van der Waals surface area contributed by atoms with Gasteiger partial charge in [-0.25, -0.2) is 17.6 Å². The van der Waals surface area contributed by atoms with Crippen molar-refractivity contribution in [3.05, 3.63) is 75.9 Å². The van der Waals surface area contributed by atoms with Crippen LogP contribution in [0.3, 0.4) is 0 Å². The predicted octanol–water partition coefficient (Wildman–Crippen LogP) is 7.75. The van der Waals surface area contributed by atoms with Crippen molar-refractivity contribution < 1.29 is 17.6 Å². The van der Waals surface area contributed by atoms with E-state index in [9.17, 15) is 17.6 Å². The summed E-state index contributed by atoms with van der Waals surface area (Å²) >= 11 is 0. The molecular formula is C25H28F4. The lowest BCUT2D eigenvalue weighted by Gasteiger charge is -2.27. The molecule has 0 nitrogen and oxygen atoms in total. The van der Waals surface area contributed by atoms with Gasteiger partial charge in [0.05, 0.1) is 0 Å². The predicted molar refractivity (Wildman–Crippen MR) is 110 cm³/mol. The molecule has 156 valence electrons. The van der Waals surface area contributed by atoms with Crippen LogP contribution in [0.2, 0.25) is 0 Å². The van der Waals surface area contributed by atoms with Gasteiger partial charge in [0.25, 0.3) is 0 Å². The van der Waals surface area contributed by atoms with Crippen molar-refractivity contribution in [1.82, 2.24) is 0 Å². The van der Waals surface area contributed by atoms with E-state index in [0.29, 0.717) is 29.5 Å². The Morgan fingerprint density at radius 1 is 0.793 bits per heavy atom. The van der Waals surface area contributed by atoms with Crippen LogP contribution < -0.4 is 0 Å². The van der Waals surface area contributed by atoms with Gasteiger partial charge in [-0.2, -0.15) is 0 Å². The molecule has 0 unspecified atom stereocenters. The summed E-state index contributed by atoms with van der Waals surface area (Å²) in [5, 5.41) is 0. The first-order valence-corrected chi connectivity index (χ1v) is 10.6. The second-order valence-corrected chi connectivity index (χ2v) is 7.96. The Balaban J connectivity index is 1.65. The molecule has 0 amide bonds. The highest BCUT2D eigenvalue weighted by Gasteiger charge is 2.25. The van der Waals surface area contributed by atoms with Gasteiger partial charge in [0.15, 0.2) is 23.3 Å². The lowest BCUT2D eigenvalue weighted by Crippen LogP contribution is -2.14. The third-order valence-electron chi connectivity index (χ3n) is 6.04. The van der Waals surface area contributed by atoms with E-state index in [2.05, 4.69) is 0 Å². The van der Waals surface area contributed by atoms with Crippen molar-refractivity contribution in [3.8, 4) is 0 Å². The van der Waals surface area contributed by atoms with Crippen molar-refractivity contribution in [2.45, 2.75) is 64.7 Å². The number of hydrogen-bond acceptors (Lipinski definition) is 0. The van der Waals surface area contributed by atoms with Crippen LogP contribution in [0, 0.1) is 29.2 Å². The molecule has 0 aliphatic heterocycles. The van der Waals surface area contributed by atoms with E-state index in [4.69, 9.17) is 0 Å². The zero-order valence-electron chi connectivity index (χ0n) is 17.1. The maximum atomic E-state index is 14.5. The number of rotatable bonds is 6. The van der Waals surface area contributed by atoms with Gasteiger partial charge in [-0.1, -0.05) is 56.7 Å². The number of benzene rings is 2. The maximum Gasteiger partial charge on any atom is 0.166 e. The highest BCUT2D eigenvalue weighted by atomic mass is 19.2. The zero-order chi connectivity index (χ0) is 21.0. The monoisotopic (exact) mass is 404 g/mol. The maximum absolute atomic E-state index is 14.5. The van der Waals surface area contributed by atoms with E-state index < -0.39 is 23.3 Å². The topological polar surface area (TPSA) is 0 Å². The lowest BCUT2D eigenvalue weighted by molar-refractivity contribution is 0.364. The standard InChI is InChI=1S/C25H28F4/c1-3-5-19-14-15-21(25(29)24(19)28)18-9-6-16(7-10-18)8-11-20-13-12-17(4-2)22(26)23(20)27/h8,11-16,18H,3-7,9-10H2,1-2H3. The highest BCUT2D eigenvalue weighted by Crippen LogP contribution is 2.38. The van der Waals surface area contributed by atoms with Crippen LogP contribution in [-0.2, 0) is 12.8 Å². The normalized spacial score (nSPS) is 19.8. The number of aryl methyl sites for hydroxylation is 2. The van der Waals surface area contributed by atoms with Gasteiger partial charge in [-0.15, -0.1) is 0 Å². The third kappa shape index (κ3) is 4.73. The fourth-order valence-corrected chi connectivity index (χ4v) is 4.25. The average Bonchev–Trinajstić information content (AvgIpc) is 2.73. The van der Waals surface area contributed by atoms with Gasteiger partial charge < -0.3 is 0 Å². The molecule has 2 aromatic carbocycles. The van der Waals surface area contributed by atoms with Gasteiger partial charge in [0.2, 0.25) is 0 Å². The summed E-state index contributed by atoms with van der Waals surface area (Å²) in [6.07, 6.45) is 8.47. The molecule has 0 spiro atoms. The minimum Gasteiger partial charge on any atom is -0.203 e. The van der Waals surface area contributed by atoms with E-state index >= 15 is 0 Å². The van der Waals surface area contributed by atoms with Gasteiger partial charge in [-0.3, -0.25) is 0 Å². The van der Waals surface area contributed by atoms with E-state index in [1.807, 2.05) is 13.0 Å². The molecule has 1 aliphatic rings. The van der Waals surface area contributed by atoms with Gasteiger partial charge >= 0.3 is 0 Å². The molecule has 0 N–H and O–H groups in total. The SMILES string of the molecule is CCCc1ccc(C2CCC(C=Cc3ccc(CC)c(F)c3F)CC2)c(F)c1F. The molecule has 1 aliphatic carbocycles. The smallest absolute Gasteiger partial charge is 0.166 e. The first kappa shape index (κ1) is 21.6. The number of halogens is 4. The van der Waals surface area contributed by atoms with E-state index in [1.165, 1.54) is 0 Å². The van der Waals surface area contributed by atoms with Crippen molar-refractivity contribution >= 4 is 6.08 Å². The Hall–Kier alpha value is -2.10. The van der Waals surface area contributed by atoms with E-state index in [1.54, 1.807) is 37.3 Å². The summed E-state index contributed by atoms with van der Waals surface area (Å²) in [6, 6.07) is 6.67. The summed E-state index contributed by atoms with van der Waals surface area (Å²) in [6.45, 7) is 3.73. The summed E-state index contributed by atoms with van der Waals surface area (Å²) in [5.74, 6) is -2.76. The largest absolute Gasteiger partial charge is 0.203 e. The molecule has 0 heterocycles. The Bertz CT molecular complexity index is 877. The minimum absolute atomic E-state index is 0.00263. The van der Waals surface area contributed by atoms with E-state index in [-0.39, 0.29) is 17.4 Å². The fraction of sp³-hybridized carbons (Fsp3) is 0.440. The molecule has 1 fully saturated rings. The van der Waals surface area contributed by atoms with Crippen molar-refractivity contribution in [2.24, 2.45) is 5.92 Å². The molecule has 0 bridgehead atoms. The lowest BCUT2D eigenvalue weighted by atomic mass is 9.78. The van der Waals surface area contributed by atoms with Crippen molar-refractivity contribution in [1.29, 1.82) is 0 Å². The van der Waals surface area contributed by atoms with Gasteiger partial charge in [0, 0.05) is 5.56 Å². The minimum atomic E-state index is -0.806. The van der Waals surface area contributed by atoms with Crippen molar-refractivity contribution in [2.75, 3.05) is 0 Å². The second-order valence-electron chi connectivity index (χ2n) is 7.96. The fourth-order valence-electron chi connectivity index (χ4n) is 4.25. The molecule has 0 saturated heterocycles. The average molecular weight is 404 g/mol. The molecule has 1 saturated carbocycles. The van der Waals surface area contributed by atoms with Crippen LogP contribution >= 0.6 is 0 Å². The molecule has 2 aromatic rings. The zero-order valence-corrected chi connectivity index (χ0v) is 17.1. The Morgan fingerprint density at radius 3 is 2.10 bits per heavy atom. The Labute approximate surface area is 170 Å². The number of hydrogen-bond donors (Lipinski definition) is 0. The van der Waals surface area contributed by atoms with Gasteiger partial charge in [0.1, 0.15) is 0 Å². The van der Waals surface area contributed by atoms with Crippen LogP contribution in [0.5, 0.6) is 0 Å². The van der Waals surface area contributed by atoms with Crippen LogP contribution in [0.4, 0.5) is 17.6 Å². The third-order valence-corrected chi connectivity index (χ3v) is 6.04. The van der Waals surface area contributed by atoms with Crippen LogP contribution in [-0.4, -0.2) is 0 Å². The summed E-state index contributed by atoms with van der Waals surface area (Å²) in [4.78, 5) is 0. The molecular weight excluding hydrogens is 376 g/mol. The summed E-state index contributed by atoms with van der Waals surface area (Å²) < 4.78 is 56.9.